The molecule has 0 aliphatic carbocycles. The quantitative estimate of drug-likeness (QED) is 0.840. The fourth-order valence-electron chi connectivity index (χ4n) is 3.07. The van der Waals surface area contributed by atoms with Crippen molar-refractivity contribution in [1.29, 1.82) is 10.5 Å². The molecular weight excluding hydrogens is 342 g/mol. The van der Waals surface area contributed by atoms with E-state index < -0.39 is 11.3 Å². The molecule has 1 aromatic carbocycles. The van der Waals surface area contributed by atoms with E-state index >= 15 is 0 Å². The molecule has 0 aromatic heterocycles. The average Bonchev–Trinajstić information content (AvgIpc) is 2.62. The zero-order valence-electron chi connectivity index (χ0n) is 16.4. The van der Waals surface area contributed by atoms with Gasteiger partial charge in [0.05, 0.1) is 30.8 Å². The summed E-state index contributed by atoms with van der Waals surface area (Å²) in [5, 5.41) is 19.6. The van der Waals surface area contributed by atoms with E-state index in [-0.39, 0.29) is 11.5 Å². The van der Waals surface area contributed by atoms with Crippen LogP contribution in [-0.2, 0) is 4.74 Å². The minimum Gasteiger partial charge on any atom is -0.490 e. The Labute approximate surface area is 160 Å². The third-order valence-corrected chi connectivity index (χ3v) is 4.13. The summed E-state index contributed by atoms with van der Waals surface area (Å²) in [4.78, 5) is 0. The molecule has 6 heteroatoms. The first kappa shape index (κ1) is 20.2. The second-order valence-corrected chi connectivity index (χ2v) is 7.07. The summed E-state index contributed by atoms with van der Waals surface area (Å²) >= 11 is 0. The molecule has 1 heterocycles. The zero-order chi connectivity index (χ0) is 20.2. The summed E-state index contributed by atoms with van der Waals surface area (Å²) in [5.74, 6) is 0.862. The molecule has 27 heavy (non-hydrogen) atoms. The maximum Gasteiger partial charge on any atom is 0.205 e. The molecule has 0 saturated heterocycles. The minimum atomic E-state index is -0.676. The molecule has 6 nitrogen and oxygen atoms in total. The number of hydrogen-bond donors (Lipinski definition) is 1. The highest BCUT2D eigenvalue weighted by Gasteiger charge is 2.39. The van der Waals surface area contributed by atoms with E-state index in [1.54, 1.807) is 6.07 Å². The van der Waals surface area contributed by atoms with Crippen molar-refractivity contribution in [2.24, 2.45) is 11.1 Å². The molecule has 1 atom stereocenters. The van der Waals surface area contributed by atoms with Crippen molar-refractivity contribution in [2.75, 3.05) is 13.2 Å². The third kappa shape index (κ3) is 3.85. The number of ether oxygens (including phenoxy) is 3. The van der Waals surface area contributed by atoms with Crippen LogP contribution in [0.25, 0.3) is 0 Å². The van der Waals surface area contributed by atoms with Crippen LogP contribution in [0.2, 0.25) is 0 Å². The standard InChI is InChI=1S/C21H25N3O3/c1-6-25-16-10-8-9-13(18(16)26-7-2)17-14(11-22)19(21(3,4)5)27-20(24)15(17)12-23/h8-10,17H,6-7,24H2,1-5H3. The molecule has 0 spiro atoms. The third-order valence-electron chi connectivity index (χ3n) is 4.13. The Balaban J connectivity index is 2.81. The lowest BCUT2D eigenvalue weighted by Crippen LogP contribution is -2.26. The van der Waals surface area contributed by atoms with Gasteiger partial charge in [-0.2, -0.15) is 10.5 Å². The summed E-state index contributed by atoms with van der Waals surface area (Å²) < 4.78 is 17.2. The lowest BCUT2D eigenvalue weighted by atomic mass is 9.78. The fraction of sp³-hybridized carbons (Fsp3) is 0.429. The summed E-state index contributed by atoms with van der Waals surface area (Å²) in [6, 6.07) is 9.78. The number of rotatable bonds is 5. The molecule has 0 amide bonds. The van der Waals surface area contributed by atoms with E-state index in [4.69, 9.17) is 19.9 Å². The molecule has 0 fully saturated rings. The van der Waals surface area contributed by atoms with Crippen molar-refractivity contribution < 1.29 is 14.2 Å². The number of nitrogens with zero attached hydrogens (tertiary/aromatic N) is 2. The number of hydrogen-bond acceptors (Lipinski definition) is 6. The average molecular weight is 367 g/mol. The first-order chi connectivity index (χ1) is 12.8. The number of benzene rings is 1. The maximum absolute atomic E-state index is 9.92. The van der Waals surface area contributed by atoms with Crippen molar-refractivity contribution in [1.82, 2.24) is 0 Å². The van der Waals surface area contributed by atoms with Crippen LogP contribution in [0.5, 0.6) is 11.5 Å². The molecule has 1 aliphatic rings. The first-order valence-electron chi connectivity index (χ1n) is 8.90. The van der Waals surface area contributed by atoms with Crippen molar-refractivity contribution in [3.05, 3.63) is 46.6 Å². The lowest BCUT2D eigenvalue weighted by molar-refractivity contribution is 0.199. The molecular formula is C21H25N3O3. The second kappa shape index (κ2) is 8.05. The van der Waals surface area contributed by atoms with E-state index in [1.807, 2.05) is 46.8 Å². The Morgan fingerprint density at radius 1 is 1.07 bits per heavy atom. The van der Waals surface area contributed by atoms with Gasteiger partial charge in [-0.1, -0.05) is 32.9 Å². The van der Waals surface area contributed by atoms with Gasteiger partial charge in [-0.3, -0.25) is 0 Å². The maximum atomic E-state index is 9.92. The highest BCUT2D eigenvalue weighted by molar-refractivity contribution is 5.60. The van der Waals surface area contributed by atoms with Crippen molar-refractivity contribution in [3.63, 3.8) is 0 Å². The second-order valence-electron chi connectivity index (χ2n) is 7.07. The molecule has 1 unspecified atom stereocenters. The van der Waals surface area contributed by atoms with Crippen LogP contribution < -0.4 is 15.2 Å². The van der Waals surface area contributed by atoms with Gasteiger partial charge in [-0.15, -0.1) is 0 Å². The van der Waals surface area contributed by atoms with E-state index in [1.165, 1.54) is 0 Å². The van der Waals surface area contributed by atoms with Gasteiger partial charge in [0.15, 0.2) is 11.5 Å². The first-order valence-corrected chi connectivity index (χ1v) is 8.90. The zero-order valence-corrected chi connectivity index (χ0v) is 16.4. The summed E-state index contributed by atoms with van der Waals surface area (Å²) in [6.45, 7) is 10.4. The summed E-state index contributed by atoms with van der Waals surface area (Å²) in [5.41, 5.74) is 6.80. The highest BCUT2D eigenvalue weighted by atomic mass is 16.5. The summed E-state index contributed by atoms with van der Waals surface area (Å²) in [6.07, 6.45) is 0. The van der Waals surface area contributed by atoms with Crippen LogP contribution in [0, 0.1) is 28.1 Å². The molecule has 142 valence electrons. The lowest BCUT2D eigenvalue weighted by Gasteiger charge is -2.32. The van der Waals surface area contributed by atoms with E-state index in [2.05, 4.69) is 12.1 Å². The predicted octanol–water partition coefficient (Wildman–Crippen LogP) is 4.12. The molecule has 0 saturated carbocycles. The predicted molar refractivity (Wildman–Crippen MR) is 102 cm³/mol. The van der Waals surface area contributed by atoms with Gasteiger partial charge in [-0.05, 0) is 19.9 Å². The van der Waals surface area contributed by atoms with Crippen molar-refractivity contribution in [3.8, 4) is 23.6 Å². The molecule has 1 aromatic rings. The minimum absolute atomic E-state index is 0.00989. The van der Waals surface area contributed by atoms with E-state index in [0.717, 1.165) is 0 Å². The Hall–Kier alpha value is -3.12. The fourth-order valence-corrected chi connectivity index (χ4v) is 3.07. The Morgan fingerprint density at radius 3 is 2.22 bits per heavy atom. The van der Waals surface area contributed by atoms with Crippen molar-refractivity contribution >= 4 is 0 Å². The summed E-state index contributed by atoms with van der Waals surface area (Å²) in [7, 11) is 0. The molecule has 0 radical (unpaired) electrons. The van der Waals surface area contributed by atoms with Crippen LogP contribution in [0.1, 0.15) is 46.1 Å². The SMILES string of the molecule is CCOc1cccc(C2C(C#N)=C(N)OC(C(C)(C)C)=C2C#N)c1OCC. The van der Waals surface area contributed by atoms with Gasteiger partial charge in [0, 0.05) is 11.0 Å². The Kier molecular flexibility index (Phi) is 6.02. The van der Waals surface area contributed by atoms with Gasteiger partial charge in [0.2, 0.25) is 5.88 Å². The van der Waals surface area contributed by atoms with Gasteiger partial charge in [0.1, 0.15) is 17.4 Å². The van der Waals surface area contributed by atoms with Crippen LogP contribution in [0.4, 0.5) is 0 Å². The molecule has 1 aliphatic heterocycles. The monoisotopic (exact) mass is 367 g/mol. The van der Waals surface area contributed by atoms with Crippen LogP contribution in [0.15, 0.2) is 41.0 Å². The van der Waals surface area contributed by atoms with E-state index in [0.29, 0.717) is 41.6 Å². The van der Waals surface area contributed by atoms with Crippen LogP contribution in [-0.4, -0.2) is 13.2 Å². The van der Waals surface area contributed by atoms with Gasteiger partial charge in [0.25, 0.3) is 0 Å². The van der Waals surface area contributed by atoms with Gasteiger partial charge < -0.3 is 19.9 Å². The molecule has 2 rings (SSSR count). The number of nitrogens with two attached hydrogens (primary N) is 1. The molecule has 0 bridgehead atoms. The topological polar surface area (TPSA) is 101 Å². The number of nitriles is 2. The Bertz CT molecular complexity index is 864. The normalized spacial score (nSPS) is 17.1. The Morgan fingerprint density at radius 2 is 1.70 bits per heavy atom. The number of para-hydroxylation sites is 1. The smallest absolute Gasteiger partial charge is 0.205 e. The number of allylic oxidation sites excluding steroid dienone is 3. The van der Waals surface area contributed by atoms with Crippen LogP contribution >= 0.6 is 0 Å². The van der Waals surface area contributed by atoms with Gasteiger partial charge in [-0.25, -0.2) is 0 Å². The molecule has 2 N–H and O–H groups in total. The van der Waals surface area contributed by atoms with E-state index in [9.17, 15) is 10.5 Å². The highest BCUT2D eigenvalue weighted by Crippen LogP contribution is 2.48. The van der Waals surface area contributed by atoms with Gasteiger partial charge >= 0.3 is 0 Å². The van der Waals surface area contributed by atoms with Crippen LogP contribution in [0.3, 0.4) is 0 Å². The van der Waals surface area contributed by atoms with Crippen molar-refractivity contribution in [2.45, 2.75) is 40.5 Å². The largest absolute Gasteiger partial charge is 0.490 e.